The van der Waals surface area contributed by atoms with E-state index in [9.17, 15) is 0 Å². The maximum Gasteiger partial charge on any atom is 0.0227 e. The summed E-state index contributed by atoms with van der Waals surface area (Å²) in [6.07, 6.45) is 7.20. The second-order valence-electron chi connectivity index (χ2n) is 6.62. The molecule has 5 aliphatic rings. The first kappa shape index (κ1) is 10.8. The van der Waals surface area contributed by atoms with E-state index in [1.807, 2.05) is 0 Å². The van der Waals surface area contributed by atoms with Gasteiger partial charge in [-0.05, 0) is 51.1 Å². The number of piperidine rings is 3. The molecule has 0 aromatic rings. The average molecular weight is 235 g/mol. The molecule has 3 nitrogen and oxygen atoms in total. The average Bonchev–Trinajstić information content (AvgIpc) is 3.12. The van der Waals surface area contributed by atoms with Crippen LogP contribution in [0.5, 0.6) is 0 Å². The Hall–Kier alpha value is -0.120. The SMILES string of the molecule is C1CN(C2CC2)CC1NC1CN2CCC1CC2. The molecule has 17 heavy (non-hydrogen) atoms. The predicted molar refractivity (Wildman–Crippen MR) is 69.1 cm³/mol. The molecular weight excluding hydrogens is 210 g/mol. The highest BCUT2D eigenvalue weighted by molar-refractivity contribution is 4.96. The topological polar surface area (TPSA) is 18.5 Å². The Morgan fingerprint density at radius 1 is 0.824 bits per heavy atom. The third-order valence-corrected chi connectivity index (χ3v) is 5.39. The number of hydrogen-bond acceptors (Lipinski definition) is 3. The largest absolute Gasteiger partial charge is 0.308 e. The van der Waals surface area contributed by atoms with Gasteiger partial charge in [0.2, 0.25) is 0 Å². The number of likely N-dealkylation sites (tertiary alicyclic amines) is 1. The lowest BCUT2D eigenvalue weighted by molar-refractivity contribution is 0.0673. The summed E-state index contributed by atoms with van der Waals surface area (Å²) in [5.74, 6) is 0.981. The molecule has 4 heterocycles. The van der Waals surface area contributed by atoms with Gasteiger partial charge in [-0.25, -0.2) is 0 Å². The van der Waals surface area contributed by atoms with Gasteiger partial charge in [-0.2, -0.15) is 0 Å². The van der Waals surface area contributed by atoms with E-state index < -0.39 is 0 Å². The molecule has 5 rings (SSSR count). The second-order valence-corrected chi connectivity index (χ2v) is 6.62. The van der Waals surface area contributed by atoms with Crippen LogP contribution in [0, 0.1) is 5.92 Å². The van der Waals surface area contributed by atoms with E-state index in [0.717, 1.165) is 24.0 Å². The molecule has 96 valence electrons. The van der Waals surface area contributed by atoms with E-state index in [1.54, 1.807) is 0 Å². The zero-order chi connectivity index (χ0) is 11.2. The Balaban J connectivity index is 1.32. The lowest BCUT2D eigenvalue weighted by Gasteiger charge is -2.46. The highest BCUT2D eigenvalue weighted by Gasteiger charge is 2.38. The van der Waals surface area contributed by atoms with Gasteiger partial charge in [-0.1, -0.05) is 0 Å². The molecule has 1 saturated carbocycles. The minimum absolute atomic E-state index is 0.793. The van der Waals surface area contributed by atoms with Crippen LogP contribution in [0.25, 0.3) is 0 Å². The zero-order valence-corrected chi connectivity index (χ0v) is 10.8. The first-order chi connectivity index (χ1) is 8.38. The summed E-state index contributed by atoms with van der Waals surface area (Å²) in [6, 6.07) is 2.57. The van der Waals surface area contributed by atoms with Gasteiger partial charge in [0, 0.05) is 37.8 Å². The molecule has 4 aliphatic heterocycles. The molecule has 0 radical (unpaired) electrons. The molecule has 2 atom stereocenters. The predicted octanol–water partition coefficient (Wildman–Crippen LogP) is 0.907. The monoisotopic (exact) mass is 235 g/mol. The van der Waals surface area contributed by atoms with Crippen molar-refractivity contribution in [1.29, 1.82) is 0 Å². The molecule has 2 unspecified atom stereocenters. The molecule has 2 bridgehead atoms. The van der Waals surface area contributed by atoms with Crippen molar-refractivity contribution in [3.8, 4) is 0 Å². The fourth-order valence-electron chi connectivity index (χ4n) is 4.15. The van der Waals surface area contributed by atoms with Crippen molar-refractivity contribution in [3.05, 3.63) is 0 Å². The van der Waals surface area contributed by atoms with Crippen LogP contribution in [0.15, 0.2) is 0 Å². The summed E-state index contributed by atoms with van der Waals surface area (Å²) >= 11 is 0. The van der Waals surface area contributed by atoms with Gasteiger partial charge in [-0.15, -0.1) is 0 Å². The number of hydrogen-bond donors (Lipinski definition) is 1. The van der Waals surface area contributed by atoms with Crippen LogP contribution >= 0.6 is 0 Å². The minimum Gasteiger partial charge on any atom is -0.308 e. The first-order valence-corrected chi connectivity index (χ1v) is 7.61. The highest BCUT2D eigenvalue weighted by atomic mass is 15.3. The third-order valence-electron chi connectivity index (χ3n) is 5.39. The highest BCUT2D eigenvalue weighted by Crippen LogP contribution is 2.31. The maximum atomic E-state index is 3.98. The third kappa shape index (κ3) is 2.13. The lowest BCUT2D eigenvalue weighted by atomic mass is 9.83. The van der Waals surface area contributed by atoms with Crippen LogP contribution in [-0.4, -0.2) is 60.6 Å². The molecule has 0 amide bonds. The van der Waals surface area contributed by atoms with Crippen molar-refractivity contribution in [2.75, 3.05) is 32.7 Å². The molecule has 1 N–H and O–H groups in total. The minimum atomic E-state index is 0.793. The zero-order valence-electron chi connectivity index (χ0n) is 10.8. The first-order valence-electron chi connectivity index (χ1n) is 7.61. The molecule has 3 heteroatoms. The number of rotatable bonds is 3. The van der Waals surface area contributed by atoms with Gasteiger partial charge >= 0.3 is 0 Å². The molecule has 4 saturated heterocycles. The van der Waals surface area contributed by atoms with E-state index in [0.29, 0.717) is 0 Å². The summed E-state index contributed by atoms with van der Waals surface area (Å²) in [5, 5.41) is 3.98. The van der Waals surface area contributed by atoms with Crippen LogP contribution in [-0.2, 0) is 0 Å². The Kier molecular flexibility index (Phi) is 2.67. The van der Waals surface area contributed by atoms with Crippen LogP contribution in [0.3, 0.4) is 0 Å². The number of nitrogens with one attached hydrogen (secondary N) is 1. The molecule has 5 fully saturated rings. The Morgan fingerprint density at radius 2 is 1.65 bits per heavy atom. The van der Waals surface area contributed by atoms with Crippen molar-refractivity contribution in [3.63, 3.8) is 0 Å². The van der Waals surface area contributed by atoms with Crippen LogP contribution in [0.2, 0.25) is 0 Å². The summed E-state index contributed by atoms with van der Waals surface area (Å²) in [7, 11) is 0. The smallest absolute Gasteiger partial charge is 0.0227 e. The molecular formula is C14H25N3. The number of fused-ring (bicyclic) bond motifs is 3. The van der Waals surface area contributed by atoms with Gasteiger partial charge in [0.1, 0.15) is 0 Å². The summed E-state index contributed by atoms with van der Waals surface area (Å²) < 4.78 is 0. The van der Waals surface area contributed by atoms with E-state index in [-0.39, 0.29) is 0 Å². The fraction of sp³-hybridized carbons (Fsp3) is 1.00. The lowest BCUT2D eigenvalue weighted by Crippen LogP contribution is -2.58. The Morgan fingerprint density at radius 3 is 2.29 bits per heavy atom. The maximum absolute atomic E-state index is 3.98. The summed E-state index contributed by atoms with van der Waals surface area (Å²) in [4.78, 5) is 5.38. The van der Waals surface area contributed by atoms with E-state index in [2.05, 4.69) is 15.1 Å². The Bertz CT molecular complexity index is 281. The molecule has 1 aliphatic carbocycles. The molecule has 0 aromatic heterocycles. The van der Waals surface area contributed by atoms with Crippen LogP contribution in [0.1, 0.15) is 32.1 Å². The van der Waals surface area contributed by atoms with Crippen LogP contribution < -0.4 is 5.32 Å². The fourth-order valence-corrected chi connectivity index (χ4v) is 4.15. The van der Waals surface area contributed by atoms with Gasteiger partial charge < -0.3 is 10.2 Å². The van der Waals surface area contributed by atoms with E-state index in [1.165, 1.54) is 64.8 Å². The second kappa shape index (κ2) is 4.22. The summed E-state index contributed by atoms with van der Waals surface area (Å²) in [5.41, 5.74) is 0. The van der Waals surface area contributed by atoms with Gasteiger partial charge in [0.05, 0.1) is 0 Å². The Labute approximate surface area is 105 Å². The summed E-state index contributed by atoms with van der Waals surface area (Å²) in [6.45, 7) is 6.73. The van der Waals surface area contributed by atoms with Gasteiger partial charge in [0.25, 0.3) is 0 Å². The molecule has 0 aromatic carbocycles. The van der Waals surface area contributed by atoms with Crippen molar-refractivity contribution in [2.45, 2.75) is 50.2 Å². The van der Waals surface area contributed by atoms with Crippen molar-refractivity contribution in [1.82, 2.24) is 15.1 Å². The van der Waals surface area contributed by atoms with Crippen molar-refractivity contribution in [2.24, 2.45) is 5.92 Å². The van der Waals surface area contributed by atoms with Gasteiger partial charge in [-0.3, -0.25) is 4.90 Å². The van der Waals surface area contributed by atoms with E-state index in [4.69, 9.17) is 0 Å². The molecule has 0 spiro atoms. The standard InChI is InChI=1S/C14H25N3/c1-2-13(1)17-8-5-12(9-17)15-14-10-16-6-3-11(14)4-7-16/h11-15H,1-10H2. The van der Waals surface area contributed by atoms with Gasteiger partial charge in [0.15, 0.2) is 0 Å². The van der Waals surface area contributed by atoms with Crippen LogP contribution in [0.4, 0.5) is 0 Å². The number of nitrogens with zero attached hydrogens (tertiary/aromatic N) is 2. The van der Waals surface area contributed by atoms with Crippen molar-refractivity contribution >= 4 is 0 Å². The van der Waals surface area contributed by atoms with E-state index >= 15 is 0 Å². The normalized spacial score (nSPS) is 46.6. The quantitative estimate of drug-likeness (QED) is 0.784. The van der Waals surface area contributed by atoms with Crippen molar-refractivity contribution < 1.29 is 0 Å².